The Balaban J connectivity index is 1.21. The molecule has 9 aromatic rings. The van der Waals surface area contributed by atoms with E-state index in [0.717, 1.165) is 22.2 Å². The van der Waals surface area contributed by atoms with Gasteiger partial charge in [-0.3, -0.25) is 0 Å². The predicted molar refractivity (Wildman–Crippen MR) is 200 cm³/mol. The monoisotopic (exact) mass is 616 g/mol. The van der Waals surface area contributed by atoms with Crippen LogP contribution >= 0.6 is 0 Å². The van der Waals surface area contributed by atoms with Crippen molar-refractivity contribution in [3.05, 3.63) is 169 Å². The number of hydrogen-bond donors (Lipinski definition) is 0. The zero-order valence-corrected chi connectivity index (χ0v) is 26.8. The molecule has 7 aromatic carbocycles. The highest BCUT2D eigenvalue weighted by Gasteiger charge is 2.39. The summed E-state index contributed by atoms with van der Waals surface area (Å²) in [6.45, 7) is 4.74. The molecule has 0 fully saturated rings. The van der Waals surface area contributed by atoms with Crippen molar-refractivity contribution in [2.24, 2.45) is 0 Å². The molecule has 0 unspecified atom stereocenters. The van der Waals surface area contributed by atoms with Crippen LogP contribution in [0, 0.1) is 0 Å². The molecule has 10 rings (SSSR count). The predicted octanol–water partition coefficient (Wildman–Crippen LogP) is 12.5. The summed E-state index contributed by atoms with van der Waals surface area (Å²) < 4.78 is 8.80. The van der Waals surface area contributed by atoms with Gasteiger partial charge in [0.2, 0.25) is 0 Å². The number of para-hydroxylation sites is 4. The molecular weight excluding hydrogens is 585 g/mol. The molecule has 0 radical (unpaired) electrons. The summed E-state index contributed by atoms with van der Waals surface area (Å²) in [7, 11) is 0. The zero-order chi connectivity index (χ0) is 32.0. The molecule has 0 atom stereocenters. The van der Waals surface area contributed by atoms with Crippen LogP contribution in [0.5, 0.6) is 0 Å². The number of furan rings is 1. The number of benzene rings is 7. The van der Waals surface area contributed by atoms with Gasteiger partial charge in [0.05, 0.1) is 22.4 Å². The maximum Gasteiger partial charge on any atom is 0.135 e. The van der Waals surface area contributed by atoms with Crippen LogP contribution in [0.15, 0.2) is 162 Å². The standard InChI is InChI=1S/C45H32N2O/c1-45(2)36-28-30(29-21-23-38-35(27-29)33-17-9-11-19-37(33)46(38)31-13-5-3-6-14-31)22-24-39(36)47(32-15-7-4-8-16-32)40-25-26-42-43(44(40)45)34-18-10-12-20-41(34)48-42/h3-28H,1-2H3. The first kappa shape index (κ1) is 27.1. The lowest BCUT2D eigenvalue weighted by Gasteiger charge is -2.42. The Kier molecular flexibility index (Phi) is 5.63. The SMILES string of the molecule is CC1(C)c2cc(-c3ccc4c(c3)c3ccccc3n4-c3ccccc3)ccc2N(c2ccccc2)c2ccc3oc4ccccc4c3c21. The topological polar surface area (TPSA) is 21.3 Å². The number of fused-ring (bicyclic) bond motifs is 9. The van der Waals surface area contributed by atoms with Crippen LogP contribution in [0.3, 0.4) is 0 Å². The third kappa shape index (κ3) is 3.76. The Bertz CT molecular complexity index is 2700. The highest BCUT2D eigenvalue weighted by Crippen LogP contribution is 2.55. The van der Waals surface area contributed by atoms with Crippen molar-refractivity contribution in [1.29, 1.82) is 0 Å². The zero-order valence-electron chi connectivity index (χ0n) is 26.8. The molecule has 0 spiro atoms. The second kappa shape index (κ2) is 9.97. The number of nitrogens with zero attached hydrogens (tertiary/aromatic N) is 2. The molecule has 0 saturated carbocycles. The quantitative estimate of drug-likeness (QED) is 0.197. The van der Waals surface area contributed by atoms with Gasteiger partial charge in [-0.1, -0.05) is 98.8 Å². The first-order valence-corrected chi connectivity index (χ1v) is 16.6. The second-order valence-corrected chi connectivity index (χ2v) is 13.4. The Labute approximate surface area is 278 Å². The van der Waals surface area contributed by atoms with Crippen molar-refractivity contribution in [3.8, 4) is 16.8 Å². The fourth-order valence-corrected chi connectivity index (χ4v) is 8.16. The normalized spacial score (nSPS) is 13.8. The minimum Gasteiger partial charge on any atom is -0.456 e. The number of rotatable bonds is 3. The molecule has 0 N–H and O–H groups in total. The largest absolute Gasteiger partial charge is 0.456 e. The molecule has 0 saturated heterocycles. The van der Waals surface area contributed by atoms with E-state index in [-0.39, 0.29) is 5.41 Å². The minimum absolute atomic E-state index is 0.300. The van der Waals surface area contributed by atoms with Gasteiger partial charge < -0.3 is 13.9 Å². The number of hydrogen-bond acceptors (Lipinski definition) is 2. The van der Waals surface area contributed by atoms with E-state index in [9.17, 15) is 0 Å². The molecule has 0 bridgehead atoms. The van der Waals surface area contributed by atoms with Crippen molar-refractivity contribution >= 4 is 60.8 Å². The highest BCUT2D eigenvalue weighted by molar-refractivity contribution is 6.12. The van der Waals surface area contributed by atoms with Crippen molar-refractivity contribution in [2.75, 3.05) is 4.90 Å². The van der Waals surface area contributed by atoms with Gasteiger partial charge in [0.25, 0.3) is 0 Å². The second-order valence-electron chi connectivity index (χ2n) is 13.4. The molecule has 1 aliphatic heterocycles. The van der Waals surface area contributed by atoms with Crippen molar-refractivity contribution in [1.82, 2.24) is 4.57 Å². The van der Waals surface area contributed by atoms with Crippen LogP contribution in [0.4, 0.5) is 17.1 Å². The minimum atomic E-state index is -0.300. The maximum atomic E-state index is 6.42. The summed E-state index contributed by atoms with van der Waals surface area (Å²) in [5.74, 6) is 0. The van der Waals surface area contributed by atoms with Crippen LogP contribution in [0.2, 0.25) is 0 Å². The molecule has 3 heteroatoms. The summed E-state index contributed by atoms with van der Waals surface area (Å²) in [5, 5.41) is 4.87. The van der Waals surface area contributed by atoms with Gasteiger partial charge in [0.1, 0.15) is 11.2 Å². The fourth-order valence-electron chi connectivity index (χ4n) is 8.16. The molecule has 0 aliphatic carbocycles. The average Bonchev–Trinajstić information content (AvgIpc) is 3.68. The third-order valence-corrected chi connectivity index (χ3v) is 10.3. The summed E-state index contributed by atoms with van der Waals surface area (Å²) in [5.41, 5.74) is 13.7. The van der Waals surface area contributed by atoms with Gasteiger partial charge in [0, 0.05) is 38.3 Å². The average molecular weight is 617 g/mol. The van der Waals surface area contributed by atoms with E-state index >= 15 is 0 Å². The third-order valence-electron chi connectivity index (χ3n) is 10.3. The summed E-state index contributed by atoms with van der Waals surface area (Å²) in [4.78, 5) is 2.43. The lowest BCUT2D eigenvalue weighted by Crippen LogP contribution is -2.31. The van der Waals surface area contributed by atoms with Crippen LogP contribution in [-0.4, -0.2) is 4.57 Å². The van der Waals surface area contributed by atoms with Crippen molar-refractivity contribution in [3.63, 3.8) is 0 Å². The van der Waals surface area contributed by atoms with Crippen molar-refractivity contribution < 1.29 is 4.42 Å². The smallest absolute Gasteiger partial charge is 0.135 e. The number of anilines is 3. The first-order chi connectivity index (χ1) is 23.6. The molecular formula is C45H32N2O. The van der Waals surface area contributed by atoms with E-state index in [1.165, 1.54) is 66.5 Å². The van der Waals surface area contributed by atoms with Crippen LogP contribution < -0.4 is 4.90 Å². The first-order valence-electron chi connectivity index (χ1n) is 16.6. The molecule has 3 heterocycles. The Hall–Kier alpha value is -6.06. The fraction of sp³-hybridized carbons (Fsp3) is 0.0667. The van der Waals surface area contributed by atoms with Gasteiger partial charge >= 0.3 is 0 Å². The van der Waals surface area contributed by atoms with Gasteiger partial charge in [0.15, 0.2) is 0 Å². The van der Waals surface area contributed by atoms with Crippen molar-refractivity contribution in [2.45, 2.75) is 19.3 Å². The molecule has 1 aliphatic rings. The number of aromatic nitrogens is 1. The summed E-state index contributed by atoms with van der Waals surface area (Å²) in [6.07, 6.45) is 0. The summed E-state index contributed by atoms with van der Waals surface area (Å²) in [6, 6.07) is 56.9. The highest BCUT2D eigenvalue weighted by atomic mass is 16.3. The molecule has 228 valence electrons. The molecule has 0 amide bonds. The van der Waals surface area contributed by atoms with Gasteiger partial charge in [-0.25, -0.2) is 0 Å². The summed E-state index contributed by atoms with van der Waals surface area (Å²) >= 11 is 0. The van der Waals surface area contributed by atoms with E-state index < -0.39 is 0 Å². The van der Waals surface area contributed by atoms with Crippen LogP contribution in [0.1, 0.15) is 25.0 Å². The van der Waals surface area contributed by atoms with Gasteiger partial charge in [-0.2, -0.15) is 0 Å². The lowest BCUT2D eigenvalue weighted by molar-refractivity contribution is 0.634. The van der Waals surface area contributed by atoms with E-state index in [4.69, 9.17) is 4.42 Å². The van der Waals surface area contributed by atoms with Gasteiger partial charge in [-0.05, 0) is 95.1 Å². The maximum absolute atomic E-state index is 6.42. The van der Waals surface area contributed by atoms with Crippen LogP contribution in [-0.2, 0) is 5.41 Å². The Morgan fingerprint density at radius 3 is 1.92 bits per heavy atom. The van der Waals surface area contributed by atoms with E-state index in [2.05, 4.69) is 175 Å². The molecule has 48 heavy (non-hydrogen) atoms. The Morgan fingerprint density at radius 2 is 1.10 bits per heavy atom. The van der Waals surface area contributed by atoms with Crippen LogP contribution in [0.25, 0.3) is 60.6 Å². The lowest BCUT2D eigenvalue weighted by atomic mass is 9.71. The van der Waals surface area contributed by atoms with E-state index in [1.54, 1.807) is 0 Å². The van der Waals surface area contributed by atoms with E-state index in [1.807, 2.05) is 6.07 Å². The van der Waals surface area contributed by atoms with Gasteiger partial charge in [-0.15, -0.1) is 0 Å². The van der Waals surface area contributed by atoms with E-state index in [0.29, 0.717) is 0 Å². The molecule has 2 aromatic heterocycles. The molecule has 3 nitrogen and oxygen atoms in total. The Morgan fingerprint density at radius 1 is 0.479 bits per heavy atom.